The first kappa shape index (κ1) is 10.1. The van der Waals surface area contributed by atoms with E-state index in [1.165, 1.54) is 17.7 Å². The van der Waals surface area contributed by atoms with Crippen molar-refractivity contribution in [2.75, 3.05) is 0 Å². The Bertz CT molecular complexity index is 105. The molecule has 0 spiro atoms. The Morgan fingerprint density at radius 2 is 1.90 bits per heavy atom. The Kier molecular flexibility index (Phi) is 4.88. The third-order valence-corrected chi connectivity index (χ3v) is 2.23. The van der Waals surface area contributed by atoms with E-state index in [0.717, 1.165) is 5.92 Å². The molecule has 1 unspecified atom stereocenters. The van der Waals surface area contributed by atoms with Crippen LogP contribution in [0.25, 0.3) is 0 Å². The normalized spacial score (nSPS) is 13.7. The predicted octanol–water partition coefficient (Wildman–Crippen LogP) is 3.45. The Hall–Kier alpha value is 0.0900. The molecule has 0 aromatic rings. The highest BCUT2D eigenvalue weighted by atomic mass is 32.1. The molecule has 0 aliphatic rings. The molecule has 10 heavy (non-hydrogen) atoms. The van der Waals surface area contributed by atoms with Crippen LogP contribution >= 0.6 is 12.2 Å². The summed E-state index contributed by atoms with van der Waals surface area (Å²) in [5, 5.41) is 0. The van der Waals surface area contributed by atoms with Gasteiger partial charge in [0.2, 0.25) is 0 Å². The molecule has 1 heteroatoms. The minimum absolute atomic E-state index is 0.667. The summed E-state index contributed by atoms with van der Waals surface area (Å²) in [6, 6.07) is 0. The van der Waals surface area contributed by atoms with Gasteiger partial charge in [-0.2, -0.15) is 0 Å². The zero-order valence-corrected chi connectivity index (χ0v) is 8.29. The van der Waals surface area contributed by atoms with Crippen LogP contribution in [-0.4, -0.2) is 4.86 Å². The van der Waals surface area contributed by atoms with Gasteiger partial charge in [0, 0.05) is 0 Å². The van der Waals surface area contributed by atoms with E-state index in [9.17, 15) is 0 Å². The van der Waals surface area contributed by atoms with Gasteiger partial charge in [0.05, 0.1) is 0 Å². The molecule has 0 aromatic carbocycles. The molecule has 0 fully saturated rings. The summed E-state index contributed by atoms with van der Waals surface area (Å²) in [6.45, 7) is 8.77. The average Bonchev–Trinajstić information content (AvgIpc) is 1.81. The van der Waals surface area contributed by atoms with E-state index in [1.54, 1.807) is 0 Å². The van der Waals surface area contributed by atoms with Crippen LogP contribution < -0.4 is 0 Å². The van der Waals surface area contributed by atoms with E-state index in [-0.39, 0.29) is 0 Å². The van der Waals surface area contributed by atoms with Crippen LogP contribution in [0.1, 0.15) is 40.5 Å². The smallest absolute Gasteiger partial charge is 0.00690 e. The first-order chi connectivity index (χ1) is 4.59. The molecule has 0 N–H and O–H groups in total. The van der Waals surface area contributed by atoms with Gasteiger partial charge in [0.15, 0.2) is 0 Å². The van der Waals surface area contributed by atoms with Gasteiger partial charge in [-0.15, -0.1) is 0 Å². The fraction of sp³-hybridized carbons (Fsp3) is 0.889. The standard InChI is InChI=1S/C9H18S/c1-5-6-9(7(2)3)8(4)10/h7,9H,5-6H2,1-4H3. The molecule has 60 valence electrons. The summed E-state index contributed by atoms with van der Waals surface area (Å²) in [4.78, 5) is 1.18. The number of hydrogen-bond donors (Lipinski definition) is 0. The van der Waals surface area contributed by atoms with Crippen LogP contribution in [0, 0.1) is 11.8 Å². The van der Waals surface area contributed by atoms with Gasteiger partial charge in [-0.25, -0.2) is 0 Å². The lowest BCUT2D eigenvalue weighted by Crippen LogP contribution is -2.15. The molecule has 0 aliphatic carbocycles. The van der Waals surface area contributed by atoms with Gasteiger partial charge in [-0.3, -0.25) is 0 Å². The topological polar surface area (TPSA) is 0 Å². The highest BCUT2D eigenvalue weighted by Gasteiger charge is 2.13. The van der Waals surface area contributed by atoms with Crippen LogP contribution in [0.5, 0.6) is 0 Å². The lowest BCUT2D eigenvalue weighted by molar-refractivity contribution is 0.462. The van der Waals surface area contributed by atoms with E-state index in [4.69, 9.17) is 12.2 Å². The van der Waals surface area contributed by atoms with E-state index < -0.39 is 0 Å². The van der Waals surface area contributed by atoms with Crippen molar-refractivity contribution in [1.29, 1.82) is 0 Å². The Balaban J connectivity index is 3.85. The highest BCUT2D eigenvalue weighted by molar-refractivity contribution is 7.80. The van der Waals surface area contributed by atoms with Crippen molar-refractivity contribution in [1.82, 2.24) is 0 Å². The lowest BCUT2D eigenvalue weighted by Gasteiger charge is -2.18. The molecule has 0 radical (unpaired) electrons. The molecular weight excluding hydrogens is 140 g/mol. The number of hydrogen-bond acceptors (Lipinski definition) is 1. The van der Waals surface area contributed by atoms with Crippen LogP contribution in [0.3, 0.4) is 0 Å². The lowest BCUT2D eigenvalue weighted by atomic mass is 9.89. The van der Waals surface area contributed by atoms with Gasteiger partial charge in [0.25, 0.3) is 0 Å². The second kappa shape index (κ2) is 4.84. The van der Waals surface area contributed by atoms with Crippen LogP contribution in [0.2, 0.25) is 0 Å². The van der Waals surface area contributed by atoms with E-state index in [0.29, 0.717) is 5.92 Å². The third kappa shape index (κ3) is 3.31. The molecule has 1 atom stereocenters. The Labute approximate surface area is 70.0 Å². The van der Waals surface area contributed by atoms with Gasteiger partial charge >= 0.3 is 0 Å². The van der Waals surface area contributed by atoms with E-state index >= 15 is 0 Å². The number of thiocarbonyl (C=S) groups is 1. The maximum absolute atomic E-state index is 5.16. The molecule has 0 aromatic heterocycles. The second-order valence-electron chi connectivity index (χ2n) is 3.25. The molecular formula is C9H18S. The van der Waals surface area contributed by atoms with Crippen molar-refractivity contribution in [3.63, 3.8) is 0 Å². The Morgan fingerprint density at radius 3 is 2.00 bits per heavy atom. The summed E-state index contributed by atoms with van der Waals surface area (Å²) >= 11 is 5.16. The van der Waals surface area contributed by atoms with Crippen LogP contribution in [-0.2, 0) is 0 Å². The fourth-order valence-corrected chi connectivity index (χ4v) is 1.71. The van der Waals surface area contributed by atoms with Crippen molar-refractivity contribution in [2.24, 2.45) is 11.8 Å². The van der Waals surface area contributed by atoms with Gasteiger partial charge < -0.3 is 0 Å². The van der Waals surface area contributed by atoms with E-state index in [2.05, 4.69) is 27.7 Å². The van der Waals surface area contributed by atoms with Gasteiger partial charge in [-0.05, 0) is 30.0 Å². The molecule has 0 heterocycles. The molecule has 0 nitrogen and oxygen atoms in total. The predicted molar refractivity (Wildman–Crippen MR) is 51.5 cm³/mol. The molecule has 0 saturated carbocycles. The largest absolute Gasteiger partial charge is 0.0897 e. The Morgan fingerprint density at radius 1 is 1.40 bits per heavy atom. The zero-order valence-electron chi connectivity index (χ0n) is 7.48. The first-order valence-corrected chi connectivity index (χ1v) is 4.50. The van der Waals surface area contributed by atoms with Gasteiger partial charge in [0.1, 0.15) is 0 Å². The molecule has 0 saturated heterocycles. The highest BCUT2D eigenvalue weighted by Crippen LogP contribution is 2.18. The monoisotopic (exact) mass is 158 g/mol. The minimum Gasteiger partial charge on any atom is -0.0897 e. The zero-order chi connectivity index (χ0) is 8.15. The molecule has 0 bridgehead atoms. The quantitative estimate of drug-likeness (QED) is 0.565. The summed E-state index contributed by atoms with van der Waals surface area (Å²) < 4.78 is 0. The first-order valence-electron chi connectivity index (χ1n) is 4.10. The minimum atomic E-state index is 0.667. The van der Waals surface area contributed by atoms with Crippen LogP contribution in [0.4, 0.5) is 0 Å². The SMILES string of the molecule is CCCC(C(C)=S)C(C)C. The maximum Gasteiger partial charge on any atom is -0.00690 e. The van der Waals surface area contributed by atoms with E-state index in [1.807, 2.05) is 0 Å². The van der Waals surface area contributed by atoms with Crippen molar-refractivity contribution >= 4 is 17.1 Å². The van der Waals surface area contributed by atoms with Crippen molar-refractivity contribution in [2.45, 2.75) is 40.5 Å². The molecule has 0 amide bonds. The average molecular weight is 158 g/mol. The summed E-state index contributed by atoms with van der Waals surface area (Å²) in [5.41, 5.74) is 0. The van der Waals surface area contributed by atoms with Crippen LogP contribution in [0.15, 0.2) is 0 Å². The fourth-order valence-electron chi connectivity index (χ4n) is 1.32. The van der Waals surface area contributed by atoms with Crippen molar-refractivity contribution in [3.05, 3.63) is 0 Å². The summed E-state index contributed by atoms with van der Waals surface area (Å²) in [7, 11) is 0. The molecule has 0 rings (SSSR count). The maximum atomic E-state index is 5.16. The van der Waals surface area contributed by atoms with Crippen molar-refractivity contribution < 1.29 is 0 Å². The third-order valence-electron chi connectivity index (χ3n) is 1.93. The second-order valence-corrected chi connectivity index (χ2v) is 3.89. The summed E-state index contributed by atoms with van der Waals surface area (Å²) in [6.07, 6.45) is 2.50. The number of rotatable bonds is 4. The summed E-state index contributed by atoms with van der Waals surface area (Å²) in [5.74, 6) is 1.39. The molecule has 0 aliphatic heterocycles. The van der Waals surface area contributed by atoms with Crippen molar-refractivity contribution in [3.8, 4) is 0 Å². The van der Waals surface area contributed by atoms with Gasteiger partial charge in [-0.1, -0.05) is 39.4 Å².